The van der Waals surface area contributed by atoms with Gasteiger partial charge in [-0.05, 0) is 25.0 Å². The van der Waals surface area contributed by atoms with Crippen LogP contribution in [0.5, 0.6) is 0 Å². The van der Waals surface area contributed by atoms with E-state index in [-0.39, 0.29) is 24.3 Å². The van der Waals surface area contributed by atoms with Crippen LogP contribution in [-0.2, 0) is 16.1 Å². The molecule has 4 N–H and O–H groups in total. The number of nitrogens with two attached hydrogens (primary N) is 1. The Morgan fingerprint density at radius 1 is 1.45 bits per heavy atom. The first-order valence-corrected chi connectivity index (χ1v) is 6.58. The van der Waals surface area contributed by atoms with E-state index >= 15 is 0 Å². The minimum atomic E-state index is -1.30. The second kappa shape index (κ2) is 6.99. The minimum absolute atomic E-state index is 0.170. The van der Waals surface area contributed by atoms with Gasteiger partial charge in [-0.25, -0.2) is 9.78 Å². The van der Waals surface area contributed by atoms with Crippen LogP contribution in [0.4, 0.5) is 0 Å². The van der Waals surface area contributed by atoms with E-state index in [1.54, 1.807) is 6.92 Å². The zero-order chi connectivity index (χ0) is 16.9. The van der Waals surface area contributed by atoms with Crippen LogP contribution >= 0.6 is 0 Å². The first-order chi connectivity index (χ1) is 10.2. The van der Waals surface area contributed by atoms with Crippen molar-refractivity contribution in [2.45, 2.75) is 32.4 Å². The lowest BCUT2D eigenvalue weighted by Crippen LogP contribution is -2.55. The van der Waals surface area contributed by atoms with E-state index in [0.717, 1.165) is 0 Å². The summed E-state index contributed by atoms with van der Waals surface area (Å²) in [5.41, 5.74) is 3.95. The molecule has 0 saturated carbocycles. The summed E-state index contributed by atoms with van der Waals surface area (Å²) in [6.07, 6.45) is 1.61. The van der Waals surface area contributed by atoms with Gasteiger partial charge in [-0.3, -0.25) is 9.59 Å². The molecule has 1 heterocycles. The Bertz CT molecular complexity index is 602. The fraction of sp³-hybridized carbons (Fsp3) is 0.429. The SMILES string of the molecule is CCC(C)(NC(=O)c1ncc(COC)cc1C(=O)O)C(N)=O. The molecule has 0 aliphatic heterocycles. The maximum absolute atomic E-state index is 12.2. The standard InChI is InChI=1S/C14H19N3O5/c1-4-14(2,13(15)21)17-11(18)10-9(12(19)20)5-8(6-16-10)7-22-3/h5-6H,4,7H2,1-3H3,(H2,15,21)(H,17,18)(H,19,20). The second-order valence-corrected chi connectivity index (χ2v) is 4.98. The summed E-state index contributed by atoms with van der Waals surface area (Å²) >= 11 is 0. The average Bonchev–Trinajstić information content (AvgIpc) is 2.46. The molecule has 0 bridgehead atoms. The molecule has 2 amide bonds. The number of ether oxygens (including phenoxy) is 1. The van der Waals surface area contributed by atoms with E-state index in [2.05, 4.69) is 10.3 Å². The highest BCUT2D eigenvalue weighted by atomic mass is 16.5. The fourth-order valence-electron chi connectivity index (χ4n) is 1.73. The number of carboxylic acid groups (broad SMARTS) is 1. The Morgan fingerprint density at radius 2 is 2.09 bits per heavy atom. The molecule has 1 rings (SSSR count). The van der Waals surface area contributed by atoms with E-state index in [0.29, 0.717) is 5.56 Å². The summed E-state index contributed by atoms with van der Waals surface area (Å²) in [5.74, 6) is -2.78. The Labute approximate surface area is 127 Å². The van der Waals surface area contributed by atoms with Gasteiger partial charge in [0.15, 0.2) is 0 Å². The quantitative estimate of drug-likeness (QED) is 0.664. The lowest BCUT2D eigenvalue weighted by atomic mass is 9.97. The van der Waals surface area contributed by atoms with Gasteiger partial charge < -0.3 is 20.9 Å². The number of carbonyl (C=O) groups is 3. The summed E-state index contributed by atoms with van der Waals surface area (Å²) in [7, 11) is 1.46. The predicted octanol–water partition coefficient (Wildman–Crippen LogP) is 0.310. The van der Waals surface area contributed by atoms with E-state index in [1.165, 1.54) is 26.3 Å². The van der Waals surface area contributed by atoms with E-state index in [1.807, 2.05) is 0 Å². The molecule has 0 aliphatic carbocycles. The van der Waals surface area contributed by atoms with Gasteiger partial charge >= 0.3 is 5.97 Å². The maximum Gasteiger partial charge on any atom is 0.338 e. The lowest BCUT2D eigenvalue weighted by Gasteiger charge is -2.25. The monoisotopic (exact) mass is 309 g/mol. The Balaban J connectivity index is 3.17. The molecule has 0 aliphatic rings. The van der Waals surface area contributed by atoms with Crippen molar-refractivity contribution < 1.29 is 24.2 Å². The third kappa shape index (κ3) is 3.79. The predicted molar refractivity (Wildman–Crippen MR) is 77.3 cm³/mol. The van der Waals surface area contributed by atoms with Crippen LogP contribution in [0.15, 0.2) is 12.3 Å². The summed E-state index contributed by atoms with van der Waals surface area (Å²) < 4.78 is 4.90. The summed E-state index contributed by atoms with van der Waals surface area (Å²) in [6.45, 7) is 3.31. The second-order valence-electron chi connectivity index (χ2n) is 4.98. The van der Waals surface area contributed by atoms with Crippen molar-refractivity contribution in [2.24, 2.45) is 5.73 Å². The number of hydrogen-bond acceptors (Lipinski definition) is 5. The molecule has 1 aromatic rings. The van der Waals surface area contributed by atoms with Gasteiger partial charge in [0.1, 0.15) is 11.2 Å². The maximum atomic E-state index is 12.2. The van der Waals surface area contributed by atoms with Crippen molar-refractivity contribution >= 4 is 17.8 Å². The average molecular weight is 309 g/mol. The first kappa shape index (κ1) is 17.6. The van der Waals surface area contributed by atoms with E-state index < -0.39 is 23.3 Å². The van der Waals surface area contributed by atoms with Crippen LogP contribution in [0.25, 0.3) is 0 Å². The number of rotatable bonds is 7. The van der Waals surface area contributed by atoms with Crippen LogP contribution in [0.1, 0.15) is 46.7 Å². The molecular formula is C14H19N3O5. The van der Waals surface area contributed by atoms with Gasteiger partial charge in [-0.2, -0.15) is 0 Å². The molecule has 22 heavy (non-hydrogen) atoms. The van der Waals surface area contributed by atoms with Crippen molar-refractivity contribution in [1.82, 2.24) is 10.3 Å². The van der Waals surface area contributed by atoms with Gasteiger partial charge in [0.2, 0.25) is 5.91 Å². The molecule has 0 aromatic carbocycles. The van der Waals surface area contributed by atoms with Crippen LogP contribution in [-0.4, -0.2) is 40.5 Å². The highest BCUT2D eigenvalue weighted by Crippen LogP contribution is 2.14. The fourth-order valence-corrected chi connectivity index (χ4v) is 1.73. The van der Waals surface area contributed by atoms with Gasteiger partial charge in [0.05, 0.1) is 12.2 Å². The molecule has 8 nitrogen and oxygen atoms in total. The number of aromatic carboxylic acids is 1. The zero-order valence-electron chi connectivity index (χ0n) is 12.7. The molecule has 1 atom stereocenters. The lowest BCUT2D eigenvalue weighted by molar-refractivity contribution is -0.123. The molecular weight excluding hydrogens is 290 g/mol. The highest BCUT2D eigenvalue weighted by molar-refractivity contribution is 6.05. The molecule has 120 valence electrons. The number of aromatic nitrogens is 1. The van der Waals surface area contributed by atoms with Gasteiger partial charge in [0.25, 0.3) is 5.91 Å². The van der Waals surface area contributed by atoms with Crippen molar-refractivity contribution in [3.8, 4) is 0 Å². The summed E-state index contributed by atoms with van der Waals surface area (Å²) in [5, 5.41) is 11.7. The van der Waals surface area contributed by atoms with Crippen molar-refractivity contribution in [3.05, 3.63) is 29.1 Å². The number of pyridine rings is 1. The Kier molecular flexibility index (Phi) is 5.58. The highest BCUT2D eigenvalue weighted by Gasteiger charge is 2.32. The van der Waals surface area contributed by atoms with Crippen LogP contribution in [0.2, 0.25) is 0 Å². The molecule has 0 spiro atoms. The largest absolute Gasteiger partial charge is 0.478 e. The third-order valence-corrected chi connectivity index (χ3v) is 3.34. The normalized spacial score (nSPS) is 13.2. The minimum Gasteiger partial charge on any atom is -0.478 e. The third-order valence-electron chi connectivity index (χ3n) is 3.34. The van der Waals surface area contributed by atoms with E-state index in [9.17, 15) is 19.5 Å². The molecule has 0 saturated heterocycles. The first-order valence-electron chi connectivity index (χ1n) is 6.58. The number of nitrogens with one attached hydrogen (secondary N) is 1. The molecule has 0 radical (unpaired) electrons. The summed E-state index contributed by atoms with van der Waals surface area (Å²) in [6, 6.07) is 1.31. The number of primary amides is 1. The zero-order valence-corrected chi connectivity index (χ0v) is 12.7. The van der Waals surface area contributed by atoms with Gasteiger partial charge in [-0.1, -0.05) is 6.92 Å². The van der Waals surface area contributed by atoms with Gasteiger partial charge in [-0.15, -0.1) is 0 Å². The smallest absolute Gasteiger partial charge is 0.338 e. The van der Waals surface area contributed by atoms with Crippen molar-refractivity contribution in [1.29, 1.82) is 0 Å². The number of carboxylic acids is 1. The number of nitrogens with zero attached hydrogens (tertiary/aromatic N) is 1. The molecule has 8 heteroatoms. The van der Waals surface area contributed by atoms with Crippen LogP contribution in [0.3, 0.4) is 0 Å². The van der Waals surface area contributed by atoms with Crippen LogP contribution < -0.4 is 11.1 Å². The number of carbonyl (C=O) groups excluding carboxylic acids is 2. The topological polar surface area (TPSA) is 132 Å². The molecule has 0 fully saturated rings. The van der Waals surface area contributed by atoms with Gasteiger partial charge in [0, 0.05) is 13.3 Å². The number of hydrogen-bond donors (Lipinski definition) is 3. The number of amides is 2. The molecule has 1 unspecified atom stereocenters. The van der Waals surface area contributed by atoms with E-state index in [4.69, 9.17) is 10.5 Å². The van der Waals surface area contributed by atoms with Crippen molar-refractivity contribution in [3.63, 3.8) is 0 Å². The van der Waals surface area contributed by atoms with Crippen molar-refractivity contribution in [2.75, 3.05) is 7.11 Å². The van der Waals surface area contributed by atoms with Crippen LogP contribution in [0, 0.1) is 0 Å². The summed E-state index contributed by atoms with van der Waals surface area (Å²) in [4.78, 5) is 38.8. The number of methoxy groups -OCH3 is 1. The Morgan fingerprint density at radius 3 is 2.55 bits per heavy atom. The molecule has 1 aromatic heterocycles. The Hall–Kier alpha value is -2.48.